The van der Waals surface area contributed by atoms with Crippen LogP contribution in [0, 0.1) is 12.7 Å². The van der Waals surface area contributed by atoms with Gasteiger partial charge in [-0.25, -0.2) is 4.39 Å². The Balaban J connectivity index is 2.22. The van der Waals surface area contributed by atoms with E-state index in [2.05, 4.69) is 4.98 Å². The quantitative estimate of drug-likeness (QED) is 0.550. The molecule has 1 aromatic carbocycles. The largest absolute Gasteiger partial charge is 0.487 e. The zero-order valence-electron chi connectivity index (χ0n) is 15.9. The molecule has 0 spiro atoms. The molecule has 2 heterocycles. The fraction of sp³-hybridized carbons (Fsp3) is 0.250. The molecule has 0 saturated heterocycles. The SMILES string of the molecule is Cc1oc2ccc(OCc3ccc(F)cn3)c(C(C)(CO)C(N)=O)c2c1C(N)=O. The van der Waals surface area contributed by atoms with Gasteiger partial charge in [-0.15, -0.1) is 0 Å². The number of carbonyl (C=O) groups is 2. The minimum Gasteiger partial charge on any atom is -0.487 e. The van der Waals surface area contributed by atoms with Gasteiger partial charge >= 0.3 is 0 Å². The van der Waals surface area contributed by atoms with E-state index in [-0.39, 0.29) is 34.6 Å². The number of furan rings is 1. The highest BCUT2D eigenvalue weighted by atomic mass is 19.1. The molecule has 8 nitrogen and oxygen atoms in total. The van der Waals surface area contributed by atoms with Crippen LogP contribution in [0.2, 0.25) is 0 Å². The van der Waals surface area contributed by atoms with E-state index in [0.29, 0.717) is 11.3 Å². The molecule has 1 unspecified atom stereocenters. The summed E-state index contributed by atoms with van der Waals surface area (Å²) < 4.78 is 24.5. The maximum absolute atomic E-state index is 13.1. The Morgan fingerprint density at radius 1 is 1.28 bits per heavy atom. The third-order valence-corrected chi connectivity index (χ3v) is 4.82. The van der Waals surface area contributed by atoms with Gasteiger partial charge in [0.1, 0.15) is 29.5 Å². The number of fused-ring (bicyclic) bond motifs is 1. The molecule has 2 amide bonds. The van der Waals surface area contributed by atoms with Crippen LogP contribution in [0.4, 0.5) is 4.39 Å². The number of nitrogens with zero attached hydrogens (tertiary/aromatic N) is 1. The Morgan fingerprint density at radius 2 is 2.00 bits per heavy atom. The van der Waals surface area contributed by atoms with E-state index < -0.39 is 29.7 Å². The van der Waals surface area contributed by atoms with Crippen LogP contribution in [0.15, 0.2) is 34.9 Å². The zero-order chi connectivity index (χ0) is 21.3. The predicted molar refractivity (Wildman–Crippen MR) is 102 cm³/mol. The Kier molecular flexibility index (Phi) is 5.25. The molecule has 0 aliphatic heterocycles. The van der Waals surface area contributed by atoms with Gasteiger partial charge in [0, 0.05) is 10.9 Å². The van der Waals surface area contributed by atoms with E-state index in [1.165, 1.54) is 25.1 Å². The molecule has 0 fully saturated rings. The lowest BCUT2D eigenvalue weighted by Gasteiger charge is -2.27. The standard InChI is InChI=1S/C20H20FN3O5/c1-10-15(18(22)26)16-13(29-10)5-6-14(17(16)20(2,9-25)19(23)27)28-8-12-4-3-11(21)7-24-12/h3-7,25H,8-9H2,1-2H3,(H2,22,26)(H2,23,27). The fourth-order valence-electron chi connectivity index (χ4n) is 3.18. The topological polar surface area (TPSA) is 142 Å². The summed E-state index contributed by atoms with van der Waals surface area (Å²) >= 11 is 0. The second kappa shape index (κ2) is 7.51. The molecule has 9 heteroatoms. The summed E-state index contributed by atoms with van der Waals surface area (Å²) in [6, 6.07) is 5.78. The summed E-state index contributed by atoms with van der Waals surface area (Å²) in [6.45, 7) is 2.30. The van der Waals surface area contributed by atoms with Gasteiger partial charge in [0.25, 0.3) is 5.91 Å². The summed E-state index contributed by atoms with van der Waals surface area (Å²) in [4.78, 5) is 28.2. The third-order valence-electron chi connectivity index (χ3n) is 4.82. The maximum Gasteiger partial charge on any atom is 0.252 e. The van der Waals surface area contributed by atoms with E-state index in [9.17, 15) is 19.1 Å². The van der Waals surface area contributed by atoms with Crippen LogP contribution >= 0.6 is 0 Å². The second-order valence-electron chi connectivity index (χ2n) is 6.82. The number of halogens is 1. The number of aliphatic hydroxyl groups excluding tert-OH is 1. The number of hydrogen-bond acceptors (Lipinski definition) is 6. The smallest absolute Gasteiger partial charge is 0.252 e. The van der Waals surface area contributed by atoms with Crippen LogP contribution in [0.3, 0.4) is 0 Å². The molecule has 3 rings (SSSR count). The third kappa shape index (κ3) is 3.52. The van der Waals surface area contributed by atoms with E-state index >= 15 is 0 Å². The van der Waals surface area contributed by atoms with E-state index in [1.807, 2.05) is 0 Å². The highest BCUT2D eigenvalue weighted by Crippen LogP contribution is 2.41. The van der Waals surface area contributed by atoms with Gasteiger partial charge < -0.3 is 25.7 Å². The number of primary amides is 2. The van der Waals surface area contributed by atoms with Crippen molar-refractivity contribution >= 4 is 22.8 Å². The Hall–Kier alpha value is -3.46. The molecule has 152 valence electrons. The summed E-state index contributed by atoms with van der Waals surface area (Å²) in [5, 5.41) is 10.2. The number of nitrogens with two attached hydrogens (primary N) is 2. The van der Waals surface area contributed by atoms with Crippen molar-refractivity contribution in [3.8, 4) is 5.75 Å². The van der Waals surface area contributed by atoms with Gasteiger partial charge in [0.2, 0.25) is 5.91 Å². The van der Waals surface area contributed by atoms with Crippen molar-refractivity contribution in [2.24, 2.45) is 11.5 Å². The van der Waals surface area contributed by atoms with Crippen molar-refractivity contribution in [1.29, 1.82) is 0 Å². The van der Waals surface area contributed by atoms with Gasteiger partial charge in [-0.2, -0.15) is 0 Å². The zero-order valence-corrected chi connectivity index (χ0v) is 15.9. The molecular weight excluding hydrogens is 381 g/mol. The first kappa shape index (κ1) is 20.3. The van der Waals surface area contributed by atoms with Crippen LogP contribution in [-0.2, 0) is 16.8 Å². The van der Waals surface area contributed by atoms with Crippen LogP contribution in [-0.4, -0.2) is 28.5 Å². The summed E-state index contributed by atoms with van der Waals surface area (Å²) in [5.74, 6) is -1.63. The predicted octanol–water partition coefficient (Wildman–Crippen LogP) is 1.69. The minimum atomic E-state index is -1.59. The van der Waals surface area contributed by atoms with Gasteiger partial charge in [-0.3, -0.25) is 14.6 Å². The average Bonchev–Trinajstić information content (AvgIpc) is 3.02. The fourth-order valence-corrected chi connectivity index (χ4v) is 3.18. The normalized spacial score (nSPS) is 13.2. The lowest BCUT2D eigenvalue weighted by Crippen LogP contribution is -2.42. The average molecular weight is 401 g/mol. The lowest BCUT2D eigenvalue weighted by atomic mass is 9.79. The number of ether oxygens (including phenoxy) is 1. The van der Waals surface area contributed by atoms with Crippen molar-refractivity contribution in [3.05, 3.63) is 58.9 Å². The van der Waals surface area contributed by atoms with Crippen molar-refractivity contribution in [1.82, 2.24) is 4.98 Å². The Bertz CT molecular complexity index is 1090. The van der Waals surface area contributed by atoms with Gasteiger partial charge in [-0.1, -0.05) is 0 Å². The highest BCUT2D eigenvalue weighted by Gasteiger charge is 2.39. The van der Waals surface area contributed by atoms with Crippen LogP contribution in [0.5, 0.6) is 5.75 Å². The monoisotopic (exact) mass is 401 g/mol. The molecule has 0 radical (unpaired) electrons. The number of aryl methyl sites for hydroxylation is 1. The van der Waals surface area contributed by atoms with Gasteiger partial charge in [0.15, 0.2) is 0 Å². The van der Waals surface area contributed by atoms with Crippen LogP contribution in [0.1, 0.15) is 34.3 Å². The molecular formula is C20H20FN3O5. The van der Waals surface area contributed by atoms with Crippen LogP contribution in [0.25, 0.3) is 11.0 Å². The van der Waals surface area contributed by atoms with Gasteiger partial charge in [0.05, 0.1) is 29.5 Å². The molecule has 0 bridgehead atoms. The number of benzene rings is 1. The number of amides is 2. The molecule has 3 aromatic rings. The summed E-state index contributed by atoms with van der Waals surface area (Å²) in [7, 11) is 0. The number of rotatable bonds is 7. The number of hydrogen-bond donors (Lipinski definition) is 3. The Morgan fingerprint density at radius 3 is 2.55 bits per heavy atom. The highest BCUT2D eigenvalue weighted by molar-refractivity contribution is 6.10. The van der Waals surface area contributed by atoms with E-state index in [1.54, 1.807) is 13.0 Å². The van der Waals surface area contributed by atoms with E-state index in [0.717, 1.165) is 6.20 Å². The number of aromatic nitrogens is 1. The number of aliphatic hydroxyl groups is 1. The van der Waals surface area contributed by atoms with Crippen LogP contribution < -0.4 is 16.2 Å². The van der Waals surface area contributed by atoms with Crippen molar-refractivity contribution in [2.75, 3.05) is 6.61 Å². The molecule has 29 heavy (non-hydrogen) atoms. The molecule has 1 atom stereocenters. The van der Waals surface area contributed by atoms with Crippen molar-refractivity contribution < 1.29 is 28.2 Å². The molecule has 2 aromatic heterocycles. The lowest BCUT2D eigenvalue weighted by molar-refractivity contribution is -0.124. The van der Waals surface area contributed by atoms with Crippen molar-refractivity contribution in [2.45, 2.75) is 25.9 Å². The first-order chi connectivity index (χ1) is 13.7. The maximum atomic E-state index is 13.1. The minimum absolute atomic E-state index is 0.0538. The Labute approximate surface area is 165 Å². The summed E-state index contributed by atoms with van der Waals surface area (Å²) in [6.07, 6.45) is 1.05. The first-order valence-corrected chi connectivity index (χ1v) is 8.69. The molecule has 0 aliphatic carbocycles. The molecule has 0 saturated carbocycles. The van der Waals surface area contributed by atoms with Crippen molar-refractivity contribution in [3.63, 3.8) is 0 Å². The molecule has 5 N–H and O–H groups in total. The number of pyridine rings is 1. The van der Waals surface area contributed by atoms with E-state index in [4.69, 9.17) is 20.6 Å². The second-order valence-corrected chi connectivity index (χ2v) is 6.82. The number of carbonyl (C=O) groups excluding carboxylic acids is 2. The molecule has 0 aliphatic rings. The first-order valence-electron chi connectivity index (χ1n) is 8.69. The summed E-state index contributed by atoms with van der Waals surface area (Å²) in [5.41, 5.74) is 10.5. The van der Waals surface area contributed by atoms with Gasteiger partial charge in [-0.05, 0) is 38.1 Å².